The van der Waals surface area contributed by atoms with E-state index in [1.165, 1.54) is 6.42 Å². The first kappa shape index (κ1) is 28.0. The van der Waals surface area contributed by atoms with Gasteiger partial charge in [0.2, 0.25) is 0 Å². The fourth-order valence-electron chi connectivity index (χ4n) is 6.03. The van der Waals surface area contributed by atoms with Crippen LogP contribution in [0.3, 0.4) is 0 Å². The smallest absolute Gasteiger partial charge is 0.254 e. The van der Waals surface area contributed by atoms with Crippen LogP contribution in [0.15, 0.2) is 101 Å². The van der Waals surface area contributed by atoms with Crippen molar-refractivity contribution in [3.8, 4) is 0 Å². The number of hydrogen-bond acceptors (Lipinski definition) is 3. The SMILES string of the molecule is CC1=C(C(=O)Nc2ccccc2Cl)C(c2ccccc2)C(C(=O)Nc2ccccc2Cl)=C(C)N1C1CCCCC1. The molecule has 0 radical (unpaired) electrons. The molecule has 0 aromatic heterocycles. The molecule has 1 aliphatic heterocycles. The number of carbonyl (C=O) groups is 2. The number of benzene rings is 3. The first-order valence-corrected chi connectivity index (χ1v) is 14.5. The van der Waals surface area contributed by atoms with E-state index in [-0.39, 0.29) is 17.9 Å². The van der Waals surface area contributed by atoms with E-state index in [4.69, 9.17) is 23.2 Å². The van der Waals surface area contributed by atoms with Crippen molar-refractivity contribution in [2.24, 2.45) is 0 Å². The van der Waals surface area contributed by atoms with Gasteiger partial charge < -0.3 is 15.5 Å². The van der Waals surface area contributed by atoms with Crippen molar-refractivity contribution < 1.29 is 9.59 Å². The van der Waals surface area contributed by atoms with E-state index in [2.05, 4.69) is 15.5 Å². The Morgan fingerprint density at radius 3 is 1.60 bits per heavy atom. The number of amides is 2. The van der Waals surface area contributed by atoms with E-state index in [1.54, 1.807) is 24.3 Å². The summed E-state index contributed by atoms with van der Waals surface area (Å²) in [6.45, 7) is 4.00. The van der Waals surface area contributed by atoms with Crippen LogP contribution in [0.25, 0.3) is 0 Å². The molecular formula is C33H33Cl2N3O2. The summed E-state index contributed by atoms with van der Waals surface area (Å²) < 4.78 is 0. The van der Waals surface area contributed by atoms with Gasteiger partial charge in [0.15, 0.2) is 0 Å². The molecule has 5 rings (SSSR count). The zero-order chi connectivity index (χ0) is 28.2. The maximum Gasteiger partial charge on any atom is 0.254 e. The second kappa shape index (κ2) is 12.3. The van der Waals surface area contributed by atoms with Gasteiger partial charge in [0.1, 0.15) is 0 Å². The Bertz CT molecular complexity index is 1390. The Kier molecular flexibility index (Phi) is 8.63. The summed E-state index contributed by atoms with van der Waals surface area (Å²) in [5.74, 6) is -1.15. The molecule has 0 saturated heterocycles. The monoisotopic (exact) mass is 573 g/mol. The summed E-state index contributed by atoms with van der Waals surface area (Å²) in [4.78, 5) is 30.6. The number of rotatable bonds is 6. The number of anilines is 2. The Morgan fingerprint density at radius 2 is 1.12 bits per heavy atom. The highest BCUT2D eigenvalue weighted by Gasteiger charge is 2.41. The number of allylic oxidation sites excluding steroid dienone is 2. The maximum atomic E-state index is 14.2. The highest BCUT2D eigenvalue weighted by Crippen LogP contribution is 2.45. The Hall–Kier alpha value is -3.54. The number of para-hydroxylation sites is 2. The van der Waals surface area contributed by atoms with E-state index < -0.39 is 5.92 Å². The third-order valence-corrected chi connectivity index (χ3v) is 8.54. The van der Waals surface area contributed by atoms with Crippen LogP contribution < -0.4 is 10.6 Å². The average molecular weight is 575 g/mol. The lowest BCUT2D eigenvalue weighted by Crippen LogP contribution is -2.42. The number of hydrogen-bond donors (Lipinski definition) is 2. The second-order valence-electron chi connectivity index (χ2n) is 10.4. The van der Waals surface area contributed by atoms with Crippen molar-refractivity contribution in [1.82, 2.24) is 4.90 Å². The number of nitrogens with one attached hydrogen (secondary N) is 2. The minimum atomic E-state index is -0.592. The third kappa shape index (κ3) is 5.67. The van der Waals surface area contributed by atoms with Crippen LogP contribution in [0.1, 0.15) is 57.4 Å². The zero-order valence-corrected chi connectivity index (χ0v) is 24.2. The van der Waals surface area contributed by atoms with E-state index >= 15 is 0 Å². The van der Waals surface area contributed by atoms with Gasteiger partial charge in [0.05, 0.1) is 21.4 Å². The van der Waals surface area contributed by atoms with Crippen molar-refractivity contribution in [2.75, 3.05) is 10.6 Å². The molecule has 1 aliphatic carbocycles. The van der Waals surface area contributed by atoms with Crippen LogP contribution in [0.5, 0.6) is 0 Å². The molecule has 3 aromatic rings. The zero-order valence-electron chi connectivity index (χ0n) is 22.7. The van der Waals surface area contributed by atoms with Crippen molar-refractivity contribution in [3.63, 3.8) is 0 Å². The standard InChI is InChI=1S/C33H33Cl2N3O2/c1-21-29(32(39)36-27-19-11-9-17-25(27)34)31(23-13-5-3-6-14-23)30(22(2)38(21)24-15-7-4-8-16-24)33(40)37-28-20-12-10-18-26(28)35/h3,5-6,9-14,17-20,24,31H,4,7-8,15-16H2,1-2H3,(H,36,39)(H,37,40). The van der Waals surface area contributed by atoms with E-state index in [0.717, 1.165) is 42.6 Å². The van der Waals surface area contributed by atoms with Crippen LogP contribution in [0, 0.1) is 0 Å². The molecule has 206 valence electrons. The molecule has 5 nitrogen and oxygen atoms in total. The number of nitrogens with zero attached hydrogens (tertiary/aromatic N) is 1. The van der Waals surface area contributed by atoms with Crippen LogP contribution in [0.2, 0.25) is 10.0 Å². The molecule has 40 heavy (non-hydrogen) atoms. The quantitative estimate of drug-likeness (QED) is 0.310. The van der Waals surface area contributed by atoms with Gasteiger partial charge in [-0.2, -0.15) is 0 Å². The summed E-state index contributed by atoms with van der Waals surface area (Å²) in [5, 5.41) is 6.98. The normalized spacial score (nSPS) is 16.8. The molecule has 1 saturated carbocycles. The molecule has 1 fully saturated rings. The summed E-state index contributed by atoms with van der Waals surface area (Å²) in [6.07, 6.45) is 5.44. The summed E-state index contributed by atoms with van der Waals surface area (Å²) in [5.41, 5.74) is 4.70. The minimum Gasteiger partial charge on any atom is -0.345 e. The van der Waals surface area contributed by atoms with Gasteiger partial charge in [0, 0.05) is 34.5 Å². The molecule has 0 spiro atoms. The first-order valence-electron chi connectivity index (χ1n) is 13.7. The van der Waals surface area contributed by atoms with Crippen LogP contribution in [-0.2, 0) is 9.59 Å². The fourth-order valence-corrected chi connectivity index (χ4v) is 6.40. The van der Waals surface area contributed by atoms with Crippen LogP contribution in [-0.4, -0.2) is 22.8 Å². The second-order valence-corrected chi connectivity index (χ2v) is 11.2. The maximum absolute atomic E-state index is 14.2. The van der Waals surface area contributed by atoms with Gasteiger partial charge in [0.25, 0.3) is 11.8 Å². The fraction of sp³-hybridized carbons (Fsp3) is 0.273. The highest BCUT2D eigenvalue weighted by molar-refractivity contribution is 6.34. The summed E-state index contributed by atoms with van der Waals surface area (Å²) in [6, 6.07) is 24.3. The van der Waals surface area contributed by atoms with Crippen LogP contribution >= 0.6 is 23.2 Å². The lowest BCUT2D eigenvalue weighted by atomic mass is 9.77. The Morgan fingerprint density at radius 1 is 0.675 bits per heavy atom. The Labute approximate surface area is 245 Å². The topological polar surface area (TPSA) is 61.4 Å². The predicted molar refractivity (Wildman–Crippen MR) is 163 cm³/mol. The molecule has 0 bridgehead atoms. The summed E-state index contributed by atoms with van der Waals surface area (Å²) >= 11 is 12.9. The molecule has 2 amide bonds. The average Bonchev–Trinajstić information content (AvgIpc) is 2.96. The van der Waals surface area contributed by atoms with Crippen molar-refractivity contribution in [1.29, 1.82) is 0 Å². The highest BCUT2D eigenvalue weighted by atomic mass is 35.5. The number of carbonyl (C=O) groups excluding carboxylic acids is 2. The molecule has 1 heterocycles. The largest absolute Gasteiger partial charge is 0.345 e. The van der Waals surface area contributed by atoms with E-state index in [1.807, 2.05) is 68.4 Å². The van der Waals surface area contributed by atoms with E-state index in [9.17, 15) is 9.59 Å². The van der Waals surface area contributed by atoms with Crippen molar-refractivity contribution >= 4 is 46.4 Å². The van der Waals surface area contributed by atoms with Gasteiger partial charge in [-0.25, -0.2) is 0 Å². The van der Waals surface area contributed by atoms with Crippen molar-refractivity contribution in [3.05, 3.63) is 117 Å². The predicted octanol–water partition coefficient (Wildman–Crippen LogP) is 8.55. The lowest BCUT2D eigenvalue weighted by Gasteiger charge is -2.44. The molecular weight excluding hydrogens is 541 g/mol. The molecule has 2 N–H and O–H groups in total. The summed E-state index contributed by atoms with van der Waals surface area (Å²) in [7, 11) is 0. The lowest BCUT2D eigenvalue weighted by molar-refractivity contribution is -0.113. The van der Waals surface area contributed by atoms with Gasteiger partial charge in [-0.3, -0.25) is 9.59 Å². The van der Waals surface area contributed by atoms with E-state index in [0.29, 0.717) is 32.6 Å². The number of halogens is 2. The molecule has 0 atom stereocenters. The minimum absolute atomic E-state index is 0.205. The molecule has 2 aliphatic rings. The molecule has 3 aromatic carbocycles. The van der Waals surface area contributed by atoms with Gasteiger partial charge in [-0.15, -0.1) is 0 Å². The van der Waals surface area contributed by atoms with Gasteiger partial charge in [-0.1, -0.05) is 97.1 Å². The molecule has 7 heteroatoms. The first-order chi connectivity index (χ1) is 19.4. The van der Waals surface area contributed by atoms with Crippen molar-refractivity contribution in [2.45, 2.75) is 57.9 Å². The molecule has 0 unspecified atom stereocenters. The van der Waals surface area contributed by atoms with Gasteiger partial charge >= 0.3 is 0 Å². The van der Waals surface area contributed by atoms with Crippen LogP contribution in [0.4, 0.5) is 11.4 Å². The van der Waals surface area contributed by atoms with Gasteiger partial charge in [-0.05, 0) is 56.5 Å². The third-order valence-electron chi connectivity index (χ3n) is 7.89. The Balaban J connectivity index is 1.66.